The maximum atomic E-state index is 12.4. The second-order valence-corrected chi connectivity index (χ2v) is 10.3. The largest absolute Gasteiger partial charge is 0.318 e. The van der Waals surface area contributed by atoms with E-state index in [2.05, 4.69) is 47.1 Å². The van der Waals surface area contributed by atoms with E-state index >= 15 is 0 Å². The van der Waals surface area contributed by atoms with Gasteiger partial charge in [-0.2, -0.15) is 5.10 Å². The average Bonchev–Trinajstić information content (AvgIpc) is 2.98. The first kappa shape index (κ1) is 24.5. The molecule has 33 heavy (non-hydrogen) atoms. The van der Waals surface area contributed by atoms with Gasteiger partial charge >= 0.3 is 0 Å². The van der Waals surface area contributed by atoms with Gasteiger partial charge in [0.15, 0.2) is 0 Å². The molecular weight excluding hydrogens is 460 g/mol. The number of nitrogens with zero attached hydrogens (tertiary/aromatic N) is 3. The zero-order chi connectivity index (χ0) is 24.3. The highest BCUT2D eigenvalue weighted by Crippen LogP contribution is 2.27. The van der Waals surface area contributed by atoms with Gasteiger partial charge in [-0.3, -0.25) is 9.10 Å². The van der Waals surface area contributed by atoms with Crippen LogP contribution in [0.25, 0.3) is 5.69 Å². The highest BCUT2D eigenvalue weighted by molar-refractivity contribution is 7.92. The molecule has 7 nitrogen and oxygen atoms in total. The molecular formula is C24H27ClN4O3S. The first-order valence-corrected chi connectivity index (χ1v) is 12.5. The fourth-order valence-electron chi connectivity index (χ4n) is 3.77. The predicted octanol–water partition coefficient (Wildman–Crippen LogP) is 4.28. The Morgan fingerprint density at radius 3 is 2.33 bits per heavy atom. The molecule has 0 atom stereocenters. The third-order valence-corrected chi connectivity index (χ3v) is 6.58. The molecule has 0 aliphatic heterocycles. The molecule has 0 saturated carbocycles. The zero-order valence-electron chi connectivity index (χ0n) is 19.3. The number of carbonyl (C=O) groups excluding carboxylic acids is 1. The summed E-state index contributed by atoms with van der Waals surface area (Å²) >= 11 is 6.13. The van der Waals surface area contributed by atoms with E-state index in [1.165, 1.54) is 11.1 Å². The minimum atomic E-state index is -3.73. The SMILES string of the molecule is Cc1cc(C)cc(-n2c(C)cc(/C=N\NC(=O)CN(c3ccccc3Cl)S(C)(=O)=O)c2C)c1. The quantitative estimate of drug-likeness (QED) is 0.399. The third kappa shape index (κ3) is 5.83. The molecule has 2 aromatic carbocycles. The number of aryl methyl sites for hydroxylation is 3. The molecule has 3 aromatic rings. The summed E-state index contributed by atoms with van der Waals surface area (Å²) in [5.41, 5.74) is 8.91. The Balaban J connectivity index is 1.77. The fourth-order valence-corrected chi connectivity index (χ4v) is 4.93. The summed E-state index contributed by atoms with van der Waals surface area (Å²) in [5, 5.41) is 4.28. The number of anilines is 1. The summed E-state index contributed by atoms with van der Waals surface area (Å²) in [6.07, 6.45) is 2.58. The Morgan fingerprint density at radius 2 is 1.73 bits per heavy atom. The average molecular weight is 487 g/mol. The molecule has 1 N–H and O–H groups in total. The van der Waals surface area contributed by atoms with Crippen molar-refractivity contribution < 1.29 is 13.2 Å². The van der Waals surface area contributed by atoms with Crippen molar-refractivity contribution in [2.24, 2.45) is 5.10 Å². The van der Waals surface area contributed by atoms with Gasteiger partial charge in [-0.05, 0) is 69.2 Å². The van der Waals surface area contributed by atoms with Crippen LogP contribution in [-0.2, 0) is 14.8 Å². The van der Waals surface area contributed by atoms with Crippen LogP contribution in [0.15, 0.2) is 53.6 Å². The van der Waals surface area contributed by atoms with Crippen molar-refractivity contribution in [3.05, 3.63) is 81.6 Å². The number of rotatable bonds is 7. The second-order valence-electron chi connectivity index (χ2n) is 8.02. The van der Waals surface area contributed by atoms with Crippen LogP contribution in [0.2, 0.25) is 5.02 Å². The Morgan fingerprint density at radius 1 is 1.09 bits per heavy atom. The Hall–Kier alpha value is -3.10. The monoisotopic (exact) mass is 486 g/mol. The minimum absolute atomic E-state index is 0.234. The molecule has 3 rings (SSSR count). The number of halogens is 1. The third-order valence-electron chi connectivity index (χ3n) is 5.14. The van der Waals surface area contributed by atoms with Gasteiger partial charge in [-0.15, -0.1) is 0 Å². The van der Waals surface area contributed by atoms with Crippen LogP contribution in [0, 0.1) is 27.7 Å². The van der Waals surface area contributed by atoms with Gasteiger partial charge < -0.3 is 4.57 Å². The van der Waals surface area contributed by atoms with E-state index in [1.807, 2.05) is 19.9 Å². The highest BCUT2D eigenvalue weighted by Gasteiger charge is 2.22. The van der Waals surface area contributed by atoms with Crippen LogP contribution in [-0.4, -0.2) is 37.9 Å². The molecule has 1 aromatic heterocycles. The summed E-state index contributed by atoms with van der Waals surface area (Å²) in [4.78, 5) is 12.4. The fraction of sp³-hybridized carbons (Fsp3) is 0.250. The molecule has 0 fully saturated rings. The number of carbonyl (C=O) groups is 1. The first-order chi connectivity index (χ1) is 15.5. The lowest BCUT2D eigenvalue weighted by atomic mass is 10.1. The van der Waals surface area contributed by atoms with Crippen molar-refractivity contribution in [2.75, 3.05) is 17.1 Å². The first-order valence-electron chi connectivity index (χ1n) is 10.3. The number of aromatic nitrogens is 1. The van der Waals surface area contributed by atoms with Crippen molar-refractivity contribution in [2.45, 2.75) is 27.7 Å². The van der Waals surface area contributed by atoms with Crippen molar-refractivity contribution in [3.8, 4) is 5.69 Å². The predicted molar refractivity (Wildman–Crippen MR) is 134 cm³/mol. The molecule has 1 heterocycles. The van der Waals surface area contributed by atoms with Crippen LogP contribution >= 0.6 is 11.6 Å². The standard InChI is InChI=1S/C24H27ClN4O3S/c1-16-10-17(2)12-21(11-16)29-18(3)13-20(19(29)4)14-26-27-24(30)15-28(33(5,31)32)23-9-7-6-8-22(23)25/h6-14H,15H2,1-5H3,(H,27,30)/b26-14-. The number of hydrazone groups is 1. The number of amides is 1. The second kappa shape index (κ2) is 9.80. The van der Waals surface area contributed by atoms with Gasteiger partial charge in [-0.1, -0.05) is 29.8 Å². The summed E-state index contributed by atoms with van der Waals surface area (Å²) in [5.74, 6) is -0.584. The lowest BCUT2D eigenvalue weighted by Crippen LogP contribution is -2.39. The summed E-state index contributed by atoms with van der Waals surface area (Å²) in [6.45, 7) is 7.67. The van der Waals surface area contributed by atoms with Gasteiger partial charge in [0.2, 0.25) is 10.0 Å². The lowest BCUT2D eigenvalue weighted by molar-refractivity contribution is -0.119. The molecule has 0 spiro atoms. The number of hydrogen-bond acceptors (Lipinski definition) is 4. The minimum Gasteiger partial charge on any atom is -0.318 e. The molecule has 174 valence electrons. The number of nitrogens with one attached hydrogen (secondary N) is 1. The number of hydrogen-bond donors (Lipinski definition) is 1. The van der Waals surface area contributed by atoms with E-state index in [9.17, 15) is 13.2 Å². The van der Waals surface area contributed by atoms with Crippen molar-refractivity contribution in [1.29, 1.82) is 0 Å². The van der Waals surface area contributed by atoms with E-state index in [0.717, 1.165) is 33.2 Å². The van der Waals surface area contributed by atoms with Crippen LogP contribution in [0.4, 0.5) is 5.69 Å². The summed E-state index contributed by atoms with van der Waals surface area (Å²) < 4.78 is 27.5. The van der Waals surface area contributed by atoms with Gasteiger partial charge in [-0.25, -0.2) is 13.8 Å². The van der Waals surface area contributed by atoms with Gasteiger partial charge in [0.1, 0.15) is 6.54 Å². The molecule has 9 heteroatoms. The highest BCUT2D eigenvalue weighted by atomic mass is 35.5. The topological polar surface area (TPSA) is 83.8 Å². The van der Waals surface area contributed by atoms with Crippen LogP contribution in [0.5, 0.6) is 0 Å². The Bertz CT molecular complexity index is 1310. The number of sulfonamides is 1. The van der Waals surface area contributed by atoms with Gasteiger partial charge in [0.05, 0.1) is 23.2 Å². The molecule has 0 aliphatic carbocycles. The Kier molecular flexibility index (Phi) is 7.29. The van der Waals surface area contributed by atoms with E-state index in [1.54, 1.807) is 30.5 Å². The molecule has 0 bridgehead atoms. The Labute approximate surface area is 199 Å². The van der Waals surface area contributed by atoms with E-state index in [-0.39, 0.29) is 10.7 Å². The van der Waals surface area contributed by atoms with Crippen LogP contribution < -0.4 is 9.73 Å². The van der Waals surface area contributed by atoms with Crippen molar-refractivity contribution in [3.63, 3.8) is 0 Å². The molecule has 0 unspecified atom stereocenters. The normalized spacial score (nSPS) is 11.7. The smallest absolute Gasteiger partial charge is 0.260 e. The van der Waals surface area contributed by atoms with E-state index < -0.39 is 22.5 Å². The van der Waals surface area contributed by atoms with E-state index in [4.69, 9.17) is 11.6 Å². The van der Waals surface area contributed by atoms with Gasteiger partial charge in [0, 0.05) is 22.6 Å². The maximum absolute atomic E-state index is 12.4. The van der Waals surface area contributed by atoms with Crippen LogP contribution in [0.1, 0.15) is 28.1 Å². The van der Waals surface area contributed by atoms with Gasteiger partial charge in [0.25, 0.3) is 5.91 Å². The molecule has 0 radical (unpaired) electrons. The number of para-hydroxylation sites is 1. The van der Waals surface area contributed by atoms with Crippen LogP contribution in [0.3, 0.4) is 0 Å². The summed E-state index contributed by atoms with van der Waals surface area (Å²) in [7, 11) is -3.73. The maximum Gasteiger partial charge on any atom is 0.260 e. The molecule has 0 saturated heterocycles. The zero-order valence-corrected chi connectivity index (χ0v) is 20.8. The van der Waals surface area contributed by atoms with Crippen molar-refractivity contribution in [1.82, 2.24) is 9.99 Å². The number of benzene rings is 2. The van der Waals surface area contributed by atoms with Crippen molar-refractivity contribution >= 4 is 39.4 Å². The lowest BCUT2D eigenvalue weighted by Gasteiger charge is -2.22. The van der Waals surface area contributed by atoms with E-state index in [0.29, 0.717) is 0 Å². The molecule has 0 aliphatic rings. The molecule has 1 amide bonds. The summed E-state index contributed by atoms with van der Waals surface area (Å²) in [6, 6.07) is 14.8.